The molecule has 1 saturated heterocycles. The highest BCUT2D eigenvalue weighted by molar-refractivity contribution is 6.74. The number of nitro benzene ring substituents is 1. The van der Waals surface area contributed by atoms with Gasteiger partial charge in [-0.15, -0.1) is 0 Å². The SMILES string of the molecule is CCC(O[Si](CC)(CC)CC)C(C)C1OC1CC(C)(C=CC=C(C)C1OC(=O)CC(O[Si](CC)(CC)CC)CCC(C)(C(=O)OOc2ccc([N+](=O)[O-])cc2)C(OC(C)=O)C=CC1C)O[Si](CC)(CC)CC. The normalized spacial score (nSPS) is 25.3. The number of rotatable bonds is 28. The third-order valence-electron chi connectivity index (χ3n) is 16.4. The predicted octanol–water partition coefficient (Wildman–Crippen LogP) is 13.9. The topological polar surface area (TPSA) is 171 Å². The molecule has 0 aliphatic carbocycles. The average Bonchev–Trinajstić information content (AvgIpc) is 4.14. The molecular formula is C55H93NO13Si3. The summed E-state index contributed by atoms with van der Waals surface area (Å²) in [6.07, 6.45) is 9.32. The van der Waals surface area contributed by atoms with Gasteiger partial charge in [0.15, 0.2) is 30.7 Å². The predicted molar refractivity (Wildman–Crippen MR) is 292 cm³/mol. The first-order valence-corrected chi connectivity index (χ1v) is 34.8. The Kier molecular flexibility index (Phi) is 24.8. The third-order valence-corrected chi connectivity index (χ3v) is 30.5. The number of carbonyl (C=O) groups excluding carboxylic acids is 3. The molecule has 0 amide bonds. The van der Waals surface area contributed by atoms with Crippen LogP contribution in [0.2, 0.25) is 54.4 Å². The minimum atomic E-state index is -2.31. The molecule has 1 fully saturated rings. The Morgan fingerprint density at radius 3 is 1.97 bits per heavy atom. The second kappa shape index (κ2) is 28.4. The molecule has 0 bridgehead atoms. The number of nitro groups is 1. The summed E-state index contributed by atoms with van der Waals surface area (Å²) < 4.78 is 40.2. The van der Waals surface area contributed by atoms with E-state index in [0.29, 0.717) is 6.42 Å². The molecule has 408 valence electrons. The first kappa shape index (κ1) is 62.8. The van der Waals surface area contributed by atoms with Crippen LogP contribution in [0.4, 0.5) is 5.69 Å². The van der Waals surface area contributed by atoms with Gasteiger partial charge in [0, 0.05) is 43.4 Å². The molecule has 3 rings (SSSR count). The van der Waals surface area contributed by atoms with Crippen LogP contribution in [0.3, 0.4) is 0 Å². The summed E-state index contributed by atoms with van der Waals surface area (Å²) >= 11 is 0. The zero-order valence-electron chi connectivity index (χ0n) is 47.0. The highest BCUT2D eigenvalue weighted by atomic mass is 28.4. The van der Waals surface area contributed by atoms with Crippen molar-refractivity contribution in [1.29, 1.82) is 0 Å². The smallest absolute Gasteiger partial charge is 0.365 e. The summed E-state index contributed by atoms with van der Waals surface area (Å²) in [4.78, 5) is 62.9. The number of allylic oxidation sites excluding steroid dienone is 2. The van der Waals surface area contributed by atoms with Crippen LogP contribution in [0.5, 0.6) is 5.75 Å². The molecule has 10 unspecified atom stereocenters. The van der Waals surface area contributed by atoms with Gasteiger partial charge in [-0.2, -0.15) is 0 Å². The van der Waals surface area contributed by atoms with Gasteiger partial charge >= 0.3 is 17.9 Å². The van der Waals surface area contributed by atoms with Gasteiger partial charge in [0.2, 0.25) is 0 Å². The van der Waals surface area contributed by atoms with Crippen LogP contribution in [0.15, 0.2) is 60.2 Å². The van der Waals surface area contributed by atoms with Crippen molar-refractivity contribution in [2.24, 2.45) is 17.3 Å². The van der Waals surface area contributed by atoms with E-state index in [1.165, 1.54) is 31.2 Å². The van der Waals surface area contributed by atoms with E-state index in [2.05, 4.69) is 89.2 Å². The van der Waals surface area contributed by atoms with Gasteiger partial charge in [0.1, 0.15) is 17.6 Å². The lowest BCUT2D eigenvalue weighted by atomic mass is 9.78. The number of cyclic esters (lactones) is 1. The lowest BCUT2D eigenvalue weighted by Gasteiger charge is -2.39. The van der Waals surface area contributed by atoms with E-state index >= 15 is 0 Å². The van der Waals surface area contributed by atoms with E-state index in [0.717, 1.165) is 66.4 Å². The standard InChI is InChI=1S/C55H93NO13Si3/c1-17-47(68-71(21-5,22-6)23-7)42(13)52-48(63-52)39-54(15,69-72(24-8,25-9)26-10)36-27-28-40(11)51-41(12)29-34-49(62-43(14)57)55(16,53(59)66-65-45-32-30-44(31-33-45)56(60)61)37-35-46(38-50(58)64-51)67-70(18-2,19-3)20-4/h27-34,36,41-42,46-49,51-52H,17-26,35,37-39H2,1-16H3. The molecule has 0 radical (unpaired) electrons. The van der Waals surface area contributed by atoms with E-state index in [1.54, 1.807) is 19.1 Å². The van der Waals surface area contributed by atoms with E-state index < -0.39 is 83.0 Å². The van der Waals surface area contributed by atoms with Crippen LogP contribution in [0, 0.1) is 27.4 Å². The van der Waals surface area contributed by atoms with Crippen LogP contribution in [0.1, 0.15) is 143 Å². The second-order valence-corrected chi connectivity index (χ2v) is 35.1. The van der Waals surface area contributed by atoms with Crippen molar-refractivity contribution in [2.45, 2.75) is 240 Å². The summed E-state index contributed by atoms with van der Waals surface area (Å²) in [7, 11) is -6.23. The Balaban J connectivity index is 2.08. The van der Waals surface area contributed by atoms with Gasteiger partial charge in [0.05, 0.1) is 35.3 Å². The van der Waals surface area contributed by atoms with Gasteiger partial charge in [0.25, 0.3) is 5.69 Å². The zero-order valence-corrected chi connectivity index (χ0v) is 50.0. The van der Waals surface area contributed by atoms with Gasteiger partial charge in [-0.3, -0.25) is 24.6 Å². The summed E-state index contributed by atoms with van der Waals surface area (Å²) in [6.45, 7) is 33.4. The van der Waals surface area contributed by atoms with Crippen molar-refractivity contribution in [3.05, 3.63) is 70.3 Å². The van der Waals surface area contributed by atoms with Crippen LogP contribution < -0.4 is 4.89 Å². The van der Waals surface area contributed by atoms with Crippen molar-refractivity contribution in [2.75, 3.05) is 0 Å². The van der Waals surface area contributed by atoms with Gasteiger partial charge in [-0.1, -0.05) is 107 Å². The Hall–Kier alpha value is -3.46. The highest BCUT2D eigenvalue weighted by Crippen LogP contribution is 2.43. The number of hydrogen-bond acceptors (Lipinski definition) is 13. The lowest BCUT2D eigenvalue weighted by Crippen LogP contribution is -2.46. The van der Waals surface area contributed by atoms with Gasteiger partial charge in [-0.05, 0) is 118 Å². The van der Waals surface area contributed by atoms with E-state index in [9.17, 15) is 24.5 Å². The Bertz CT molecular complexity index is 1960. The molecule has 17 heteroatoms. The van der Waals surface area contributed by atoms with Gasteiger partial charge < -0.3 is 27.5 Å². The molecule has 1 aromatic carbocycles. The molecule has 0 N–H and O–H groups in total. The van der Waals surface area contributed by atoms with E-state index in [1.807, 2.05) is 26.0 Å². The number of non-ortho nitro benzene ring substituents is 1. The molecule has 72 heavy (non-hydrogen) atoms. The maximum Gasteiger partial charge on any atom is 0.365 e. The molecular weight excluding hydrogens is 967 g/mol. The fraction of sp³-hybridized carbons (Fsp3) is 0.727. The third kappa shape index (κ3) is 17.0. The number of epoxide rings is 1. The summed E-state index contributed by atoms with van der Waals surface area (Å²) in [5, 5.41) is 11.2. The number of carbonyl (C=O) groups is 3. The first-order chi connectivity index (χ1) is 34.0. The Morgan fingerprint density at radius 2 is 1.46 bits per heavy atom. The number of esters is 2. The molecule has 0 spiro atoms. The molecule has 2 aliphatic rings. The minimum absolute atomic E-state index is 0.0279. The number of benzene rings is 1. The lowest BCUT2D eigenvalue weighted by molar-refractivity contribution is -0.384. The van der Waals surface area contributed by atoms with Gasteiger partial charge in [-0.25, -0.2) is 9.68 Å². The number of hydrogen-bond donors (Lipinski definition) is 0. The average molecular weight is 1060 g/mol. The van der Waals surface area contributed by atoms with Crippen molar-refractivity contribution in [3.8, 4) is 5.75 Å². The Morgan fingerprint density at radius 1 is 0.889 bits per heavy atom. The maximum absolute atomic E-state index is 14.3. The molecule has 0 aromatic heterocycles. The van der Waals surface area contributed by atoms with Crippen molar-refractivity contribution >= 4 is 48.5 Å². The zero-order chi connectivity index (χ0) is 54.1. The quantitative estimate of drug-likeness (QED) is 0.0114. The monoisotopic (exact) mass is 1060 g/mol. The molecule has 2 aliphatic heterocycles. The van der Waals surface area contributed by atoms with Crippen LogP contribution in [0.25, 0.3) is 0 Å². The van der Waals surface area contributed by atoms with Crippen LogP contribution in [-0.4, -0.2) is 90.0 Å². The Labute approximate surface area is 436 Å². The summed E-state index contributed by atoms with van der Waals surface area (Å²) in [5.74, 6) is -2.00. The van der Waals surface area contributed by atoms with Crippen LogP contribution >= 0.6 is 0 Å². The summed E-state index contributed by atoms with van der Waals surface area (Å²) in [5.41, 5.74) is -1.53. The molecule has 0 saturated carbocycles. The number of ether oxygens (including phenoxy) is 3. The minimum Gasteiger partial charge on any atom is -0.457 e. The van der Waals surface area contributed by atoms with Crippen LogP contribution in [-0.2, 0) is 46.8 Å². The van der Waals surface area contributed by atoms with E-state index in [-0.39, 0.29) is 54.9 Å². The molecule has 10 atom stereocenters. The maximum atomic E-state index is 14.3. The van der Waals surface area contributed by atoms with Crippen molar-refractivity contribution in [3.63, 3.8) is 0 Å². The molecule has 1 aromatic rings. The summed E-state index contributed by atoms with van der Waals surface area (Å²) in [6, 6.07) is 13.9. The fourth-order valence-corrected chi connectivity index (χ4v) is 19.5. The largest absolute Gasteiger partial charge is 0.457 e. The molecule has 2 heterocycles. The molecule has 14 nitrogen and oxygen atoms in total. The van der Waals surface area contributed by atoms with Crippen molar-refractivity contribution in [1.82, 2.24) is 0 Å². The second-order valence-electron chi connectivity index (χ2n) is 21.0. The van der Waals surface area contributed by atoms with E-state index in [4.69, 9.17) is 37.3 Å². The highest BCUT2D eigenvalue weighted by Gasteiger charge is 2.51. The number of nitrogens with zero attached hydrogens (tertiary/aromatic N) is 1. The first-order valence-electron chi connectivity index (χ1n) is 27.2. The van der Waals surface area contributed by atoms with Crippen molar-refractivity contribution < 1.29 is 56.6 Å². The fourth-order valence-electron chi connectivity index (χ4n) is 10.5.